The van der Waals surface area contributed by atoms with Crippen LogP contribution in [0.5, 0.6) is 17.2 Å². The van der Waals surface area contributed by atoms with Gasteiger partial charge in [0.2, 0.25) is 5.75 Å². The van der Waals surface area contributed by atoms with Gasteiger partial charge in [-0.25, -0.2) is 0 Å². The van der Waals surface area contributed by atoms with Gasteiger partial charge in [0.15, 0.2) is 0 Å². The maximum absolute atomic E-state index is 13.0. The monoisotopic (exact) mass is 518 g/mol. The Morgan fingerprint density at radius 3 is 2.17 bits per heavy atom. The quantitative estimate of drug-likeness (QED) is 0.199. The first-order valence-corrected chi connectivity index (χ1v) is 9.66. The molecule has 0 aliphatic rings. The number of halogens is 7. The predicted octanol–water partition coefficient (Wildman–Crippen LogP) is 6.89. The van der Waals surface area contributed by atoms with E-state index in [1.165, 1.54) is 18.2 Å². The smallest absolute Gasteiger partial charge is 0.450 e. The molecule has 0 atom stereocenters. The Hall–Kier alpha value is -4.36. The number of nitro benzene ring substituents is 1. The van der Waals surface area contributed by atoms with E-state index in [9.17, 15) is 45.6 Å². The standard InChI is InChI=1S/C22H13F7N2O5/c23-20(24)22(28,29)36-15-7-5-14(6-8-15)30-19(32)12-2-1-3-16(10-12)35-18-9-4-13(21(25,26)27)11-17(18)31(33)34/h1-11,20H,(H,30,32). The van der Waals surface area contributed by atoms with Gasteiger partial charge in [-0.2, -0.15) is 30.7 Å². The van der Waals surface area contributed by atoms with Crippen LogP contribution in [0.15, 0.2) is 66.7 Å². The summed E-state index contributed by atoms with van der Waals surface area (Å²) in [5.74, 6) is -1.92. The molecule has 3 aromatic carbocycles. The molecule has 1 amide bonds. The van der Waals surface area contributed by atoms with E-state index in [2.05, 4.69) is 10.1 Å². The lowest BCUT2D eigenvalue weighted by Crippen LogP contribution is -2.33. The average Bonchev–Trinajstić information content (AvgIpc) is 2.79. The number of carbonyl (C=O) groups is 1. The number of benzene rings is 3. The zero-order valence-corrected chi connectivity index (χ0v) is 17.6. The number of rotatable bonds is 8. The molecule has 0 spiro atoms. The van der Waals surface area contributed by atoms with Crippen molar-refractivity contribution in [3.8, 4) is 17.2 Å². The number of hydrogen-bond donors (Lipinski definition) is 1. The van der Waals surface area contributed by atoms with Crippen molar-refractivity contribution in [1.82, 2.24) is 0 Å². The van der Waals surface area contributed by atoms with E-state index in [4.69, 9.17) is 4.74 Å². The first-order valence-electron chi connectivity index (χ1n) is 9.66. The van der Waals surface area contributed by atoms with Gasteiger partial charge in [0.05, 0.1) is 10.5 Å². The Kier molecular flexibility index (Phi) is 7.36. The second-order valence-electron chi connectivity index (χ2n) is 7.01. The summed E-state index contributed by atoms with van der Waals surface area (Å²) in [6.07, 6.45) is -13.6. The van der Waals surface area contributed by atoms with Crippen molar-refractivity contribution in [2.24, 2.45) is 0 Å². The van der Waals surface area contributed by atoms with Crippen LogP contribution < -0.4 is 14.8 Å². The lowest BCUT2D eigenvalue weighted by molar-refractivity contribution is -0.385. The first kappa shape index (κ1) is 26.2. The van der Waals surface area contributed by atoms with Crippen LogP contribution in [-0.2, 0) is 6.18 Å². The third-order valence-corrected chi connectivity index (χ3v) is 4.43. The summed E-state index contributed by atoms with van der Waals surface area (Å²) in [6, 6.07) is 10.9. The molecule has 0 aromatic heterocycles. The number of hydrogen-bond acceptors (Lipinski definition) is 5. The largest absolute Gasteiger partial charge is 0.461 e. The highest BCUT2D eigenvalue weighted by atomic mass is 19.4. The van der Waals surface area contributed by atoms with Gasteiger partial charge < -0.3 is 14.8 Å². The lowest BCUT2D eigenvalue weighted by Gasteiger charge is -2.17. The maximum atomic E-state index is 13.0. The van der Waals surface area contributed by atoms with Crippen LogP contribution in [-0.4, -0.2) is 23.4 Å². The molecule has 0 saturated carbocycles. The van der Waals surface area contributed by atoms with E-state index < -0.39 is 52.3 Å². The van der Waals surface area contributed by atoms with Gasteiger partial charge in [-0.15, -0.1) is 0 Å². The molecule has 3 aromatic rings. The zero-order chi connectivity index (χ0) is 26.7. The predicted molar refractivity (Wildman–Crippen MR) is 111 cm³/mol. The molecule has 0 bridgehead atoms. The molecule has 0 saturated heterocycles. The zero-order valence-electron chi connectivity index (χ0n) is 17.6. The molecular weight excluding hydrogens is 505 g/mol. The fourth-order valence-electron chi connectivity index (χ4n) is 2.76. The Labute approximate surface area is 197 Å². The summed E-state index contributed by atoms with van der Waals surface area (Å²) in [5, 5.41) is 13.6. The van der Waals surface area contributed by atoms with Crippen LogP contribution in [0.4, 0.5) is 42.1 Å². The van der Waals surface area contributed by atoms with Crippen molar-refractivity contribution < 1.29 is 49.9 Å². The molecule has 0 fully saturated rings. The van der Waals surface area contributed by atoms with Crippen LogP contribution in [0.1, 0.15) is 15.9 Å². The fourth-order valence-corrected chi connectivity index (χ4v) is 2.76. The average molecular weight is 518 g/mol. The van der Waals surface area contributed by atoms with Crippen molar-refractivity contribution in [3.63, 3.8) is 0 Å². The van der Waals surface area contributed by atoms with Crippen molar-refractivity contribution >= 4 is 17.3 Å². The second-order valence-corrected chi connectivity index (χ2v) is 7.01. The number of nitrogens with one attached hydrogen (secondary N) is 1. The molecule has 0 aliphatic carbocycles. The highest BCUT2D eigenvalue weighted by Gasteiger charge is 2.44. The van der Waals surface area contributed by atoms with Gasteiger partial charge in [-0.3, -0.25) is 14.9 Å². The summed E-state index contributed by atoms with van der Waals surface area (Å²) in [7, 11) is 0. The van der Waals surface area contributed by atoms with Crippen molar-refractivity contribution in [1.29, 1.82) is 0 Å². The molecule has 0 radical (unpaired) electrons. The lowest BCUT2D eigenvalue weighted by atomic mass is 10.1. The Balaban J connectivity index is 1.74. The summed E-state index contributed by atoms with van der Waals surface area (Å²) in [4.78, 5) is 22.7. The van der Waals surface area contributed by atoms with Crippen molar-refractivity contribution in [3.05, 3.63) is 88.0 Å². The maximum Gasteiger partial charge on any atom is 0.461 e. The van der Waals surface area contributed by atoms with Crippen LogP contribution in [0.25, 0.3) is 0 Å². The minimum absolute atomic E-state index is 0.0355. The molecule has 0 unspecified atom stereocenters. The second kappa shape index (κ2) is 10.1. The number of anilines is 1. The first-order chi connectivity index (χ1) is 16.8. The van der Waals surface area contributed by atoms with E-state index in [-0.39, 0.29) is 17.0 Å². The van der Waals surface area contributed by atoms with Crippen LogP contribution in [0, 0.1) is 10.1 Å². The Morgan fingerprint density at radius 2 is 1.58 bits per heavy atom. The van der Waals surface area contributed by atoms with Crippen molar-refractivity contribution in [2.45, 2.75) is 18.7 Å². The topological polar surface area (TPSA) is 90.7 Å². The summed E-state index contributed by atoms with van der Waals surface area (Å²) in [5.41, 5.74) is -2.15. The van der Waals surface area contributed by atoms with Gasteiger partial charge in [0, 0.05) is 17.3 Å². The van der Waals surface area contributed by atoms with Gasteiger partial charge in [0.25, 0.3) is 5.91 Å². The molecule has 14 heteroatoms. The number of ether oxygens (including phenoxy) is 2. The van der Waals surface area contributed by atoms with E-state index in [1.807, 2.05) is 0 Å². The summed E-state index contributed by atoms with van der Waals surface area (Å²) >= 11 is 0. The molecule has 0 aliphatic heterocycles. The molecule has 36 heavy (non-hydrogen) atoms. The molecule has 7 nitrogen and oxygen atoms in total. The van der Waals surface area contributed by atoms with E-state index >= 15 is 0 Å². The molecule has 0 heterocycles. The van der Waals surface area contributed by atoms with Crippen LogP contribution >= 0.6 is 0 Å². The third-order valence-electron chi connectivity index (χ3n) is 4.43. The van der Waals surface area contributed by atoms with Gasteiger partial charge in [-0.05, 0) is 54.6 Å². The Bertz CT molecular complexity index is 1260. The summed E-state index contributed by atoms with van der Waals surface area (Å²) in [6.45, 7) is 0. The van der Waals surface area contributed by atoms with Gasteiger partial charge >= 0.3 is 24.4 Å². The SMILES string of the molecule is O=C(Nc1ccc(OC(F)(F)C(F)F)cc1)c1cccc(Oc2ccc(C(F)(F)F)cc2[N+](=O)[O-])c1. The number of alkyl halides is 7. The van der Waals surface area contributed by atoms with E-state index in [0.29, 0.717) is 12.1 Å². The van der Waals surface area contributed by atoms with Crippen LogP contribution in [0.3, 0.4) is 0 Å². The number of amides is 1. The molecule has 1 N–H and O–H groups in total. The third kappa shape index (κ3) is 6.40. The molecular formula is C22H13F7N2O5. The fraction of sp³-hybridized carbons (Fsp3) is 0.136. The highest BCUT2D eigenvalue weighted by molar-refractivity contribution is 6.04. The van der Waals surface area contributed by atoms with Crippen molar-refractivity contribution in [2.75, 3.05) is 5.32 Å². The highest BCUT2D eigenvalue weighted by Crippen LogP contribution is 2.38. The molecule has 190 valence electrons. The number of nitrogens with zero attached hydrogens (tertiary/aromatic N) is 1. The summed E-state index contributed by atoms with van der Waals surface area (Å²) < 4.78 is 98.2. The van der Waals surface area contributed by atoms with Crippen LogP contribution in [0.2, 0.25) is 0 Å². The Morgan fingerprint density at radius 1 is 0.917 bits per heavy atom. The normalized spacial score (nSPS) is 11.8. The molecule has 3 rings (SSSR count). The minimum atomic E-state index is -4.81. The minimum Gasteiger partial charge on any atom is -0.450 e. The number of nitro groups is 1. The van der Waals surface area contributed by atoms with E-state index in [0.717, 1.165) is 36.4 Å². The van der Waals surface area contributed by atoms with E-state index in [1.54, 1.807) is 0 Å². The van der Waals surface area contributed by atoms with Gasteiger partial charge in [0.1, 0.15) is 11.5 Å². The number of carbonyl (C=O) groups excluding carboxylic acids is 1. The van der Waals surface area contributed by atoms with Gasteiger partial charge in [-0.1, -0.05) is 6.07 Å².